The van der Waals surface area contributed by atoms with Crippen molar-refractivity contribution in [1.29, 1.82) is 0 Å². The van der Waals surface area contributed by atoms with Crippen LogP contribution in [0.5, 0.6) is 0 Å². The Bertz CT molecular complexity index is 504. The molecule has 0 radical (unpaired) electrons. The number of amidine groups is 1. The third kappa shape index (κ3) is 4.49. The highest BCUT2D eigenvalue weighted by Crippen LogP contribution is 2.20. The van der Waals surface area contributed by atoms with Crippen LogP contribution < -0.4 is 5.32 Å². The maximum absolute atomic E-state index is 12.0. The van der Waals surface area contributed by atoms with Crippen LogP contribution in [0.4, 0.5) is 0 Å². The number of hydrogen-bond acceptors (Lipinski definition) is 4. The van der Waals surface area contributed by atoms with Gasteiger partial charge >= 0.3 is 0 Å². The van der Waals surface area contributed by atoms with Gasteiger partial charge in [0.15, 0.2) is 5.17 Å². The van der Waals surface area contributed by atoms with Crippen molar-refractivity contribution in [1.82, 2.24) is 10.2 Å². The second-order valence-corrected chi connectivity index (χ2v) is 6.32. The molecule has 0 fully saturated rings. The first-order chi connectivity index (χ1) is 10.1. The van der Waals surface area contributed by atoms with Gasteiger partial charge in [-0.1, -0.05) is 42.1 Å². The van der Waals surface area contributed by atoms with Crippen molar-refractivity contribution >= 4 is 22.8 Å². The van der Waals surface area contributed by atoms with Gasteiger partial charge in [-0.2, -0.15) is 0 Å². The Morgan fingerprint density at radius 3 is 2.86 bits per heavy atom. The lowest BCUT2D eigenvalue weighted by molar-refractivity contribution is -0.131. The summed E-state index contributed by atoms with van der Waals surface area (Å²) in [6, 6.07) is 10.5. The normalized spacial score (nSPS) is 19.0. The van der Waals surface area contributed by atoms with E-state index >= 15 is 0 Å². The smallest absolute Gasteiger partial charge is 0.244 e. The van der Waals surface area contributed by atoms with Crippen LogP contribution in [-0.2, 0) is 11.2 Å². The molecule has 0 aliphatic carbocycles. The number of carbonyl (C=O) groups is 1. The van der Waals surface area contributed by atoms with Gasteiger partial charge in [-0.15, -0.1) is 0 Å². The average molecular weight is 305 g/mol. The molecule has 0 bridgehead atoms. The highest BCUT2D eigenvalue weighted by Gasteiger charge is 2.23. The van der Waals surface area contributed by atoms with Gasteiger partial charge in [-0.05, 0) is 25.8 Å². The summed E-state index contributed by atoms with van der Waals surface area (Å²) < 4.78 is 0. The van der Waals surface area contributed by atoms with Gasteiger partial charge < -0.3 is 10.2 Å². The Kier molecular flexibility index (Phi) is 5.67. The maximum atomic E-state index is 12.0. The lowest BCUT2D eigenvalue weighted by atomic mass is 10.1. The largest absolute Gasteiger partial charge is 0.353 e. The quantitative estimate of drug-likeness (QED) is 0.906. The third-order valence-electron chi connectivity index (χ3n) is 3.59. The summed E-state index contributed by atoms with van der Waals surface area (Å²) >= 11 is 1.70. The number of likely N-dealkylation sites (N-methyl/N-ethyl adjacent to an activating group) is 1. The van der Waals surface area contributed by atoms with Crippen molar-refractivity contribution in [3.63, 3.8) is 0 Å². The lowest BCUT2D eigenvalue weighted by Crippen LogP contribution is -2.44. The molecule has 2 atom stereocenters. The van der Waals surface area contributed by atoms with Crippen LogP contribution in [0.2, 0.25) is 0 Å². The number of rotatable bonds is 5. The molecule has 1 aliphatic heterocycles. The fraction of sp³-hybridized carbons (Fsp3) is 0.500. The molecule has 0 aromatic heterocycles. The Morgan fingerprint density at radius 1 is 1.48 bits per heavy atom. The Morgan fingerprint density at radius 2 is 2.19 bits per heavy atom. The molecule has 1 amide bonds. The van der Waals surface area contributed by atoms with E-state index in [1.807, 2.05) is 27.0 Å². The molecule has 1 heterocycles. The van der Waals surface area contributed by atoms with Crippen LogP contribution in [0.3, 0.4) is 0 Å². The summed E-state index contributed by atoms with van der Waals surface area (Å²) in [4.78, 5) is 18.4. The molecule has 0 spiro atoms. The summed E-state index contributed by atoms with van der Waals surface area (Å²) in [5.41, 5.74) is 1.31. The lowest BCUT2D eigenvalue weighted by Gasteiger charge is -2.20. The monoisotopic (exact) mass is 305 g/mol. The molecule has 1 aromatic rings. The van der Waals surface area contributed by atoms with Crippen molar-refractivity contribution in [2.75, 3.05) is 19.3 Å². The number of carbonyl (C=O) groups excluding carboxylic acids is 1. The van der Waals surface area contributed by atoms with E-state index in [-0.39, 0.29) is 11.9 Å². The Balaban J connectivity index is 1.88. The number of nitrogens with zero attached hydrogens (tertiary/aromatic N) is 2. The predicted molar refractivity (Wildman–Crippen MR) is 89.7 cm³/mol. The van der Waals surface area contributed by atoms with E-state index in [2.05, 4.69) is 34.6 Å². The summed E-state index contributed by atoms with van der Waals surface area (Å²) in [6.07, 6.45) is 0.955. The van der Waals surface area contributed by atoms with Crippen molar-refractivity contribution in [2.45, 2.75) is 32.4 Å². The van der Waals surface area contributed by atoms with Crippen molar-refractivity contribution in [3.05, 3.63) is 35.9 Å². The minimum atomic E-state index is -0.225. The fourth-order valence-corrected chi connectivity index (χ4v) is 3.24. The van der Waals surface area contributed by atoms with Crippen molar-refractivity contribution in [3.8, 4) is 0 Å². The molecule has 1 aromatic carbocycles. The zero-order valence-corrected chi connectivity index (χ0v) is 13.7. The standard InChI is InChI=1S/C16H23N3OS/c1-4-19(3)15(20)12(2)17-16-18-14(11-21-16)10-13-8-6-5-7-9-13/h5-9,12,14H,4,10-11H2,1-3H3,(H,17,18). The molecule has 5 heteroatoms. The summed E-state index contributed by atoms with van der Waals surface area (Å²) in [6.45, 7) is 4.59. The predicted octanol–water partition coefficient (Wildman–Crippen LogP) is 2.16. The van der Waals surface area contributed by atoms with E-state index in [0.29, 0.717) is 6.04 Å². The van der Waals surface area contributed by atoms with Crippen LogP contribution >= 0.6 is 11.8 Å². The third-order valence-corrected chi connectivity index (χ3v) is 4.64. The van der Waals surface area contributed by atoms with Gasteiger partial charge in [0, 0.05) is 19.3 Å². The van der Waals surface area contributed by atoms with Crippen LogP contribution in [0.1, 0.15) is 19.4 Å². The number of thioether (sulfide) groups is 1. The minimum absolute atomic E-state index is 0.104. The highest BCUT2D eigenvalue weighted by molar-refractivity contribution is 8.14. The van der Waals surface area contributed by atoms with E-state index in [9.17, 15) is 4.79 Å². The molecular weight excluding hydrogens is 282 g/mol. The molecule has 1 aliphatic rings. The molecule has 0 saturated heterocycles. The van der Waals surface area contributed by atoms with Gasteiger partial charge in [-0.3, -0.25) is 9.79 Å². The molecule has 4 nitrogen and oxygen atoms in total. The van der Waals surface area contributed by atoms with E-state index < -0.39 is 0 Å². The van der Waals surface area contributed by atoms with Gasteiger partial charge in [0.05, 0.1) is 6.04 Å². The molecule has 114 valence electrons. The zero-order chi connectivity index (χ0) is 15.2. The Hall–Kier alpha value is -1.49. The number of benzene rings is 1. The van der Waals surface area contributed by atoms with Crippen LogP contribution in [0.25, 0.3) is 0 Å². The fourth-order valence-electron chi connectivity index (χ4n) is 2.22. The van der Waals surface area contributed by atoms with Gasteiger partial charge in [-0.25, -0.2) is 0 Å². The number of aliphatic imine (C=N–C) groups is 1. The molecule has 1 N–H and O–H groups in total. The summed E-state index contributed by atoms with van der Waals surface area (Å²) in [7, 11) is 1.82. The molecule has 21 heavy (non-hydrogen) atoms. The SMILES string of the molecule is CCN(C)C(=O)C(C)NC1=NC(Cc2ccccc2)CS1. The van der Waals surface area contributed by atoms with E-state index in [1.165, 1.54) is 5.56 Å². The van der Waals surface area contributed by atoms with Crippen molar-refractivity contribution < 1.29 is 4.79 Å². The van der Waals surface area contributed by atoms with Crippen LogP contribution in [-0.4, -0.2) is 47.4 Å². The summed E-state index contributed by atoms with van der Waals surface area (Å²) in [5.74, 6) is 1.08. The maximum Gasteiger partial charge on any atom is 0.244 e. The van der Waals surface area contributed by atoms with E-state index in [1.54, 1.807) is 16.7 Å². The first-order valence-electron chi connectivity index (χ1n) is 7.36. The molecule has 2 unspecified atom stereocenters. The highest BCUT2D eigenvalue weighted by atomic mass is 32.2. The van der Waals surface area contributed by atoms with Gasteiger partial charge in [0.25, 0.3) is 0 Å². The van der Waals surface area contributed by atoms with E-state index in [0.717, 1.165) is 23.9 Å². The topological polar surface area (TPSA) is 44.7 Å². The first kappa shape index (κ1) is 15.9. The number of amides is 1. The van der Waals surface area contributed by atoms with Gasteiger partial charge in [0.2, 0.25) is 5.91 Å². The number of hydrogen-bond donors (Lipinski definition) is 1. The minimum Gasteiger partial charge on any atom is -0.353 e. The molecular formula is C16H23N3OS. The van der Waals surface area contributed by atoms with Crippen LogP contribution in [0, 0.1) is 0 Å². The molecule has 2 rings (SSSR count). The average Bonchev–Trinajstić information content (AvgIpc) is 2.93. The van der Waals surface area contributed by atoms with Crippen LogP contribution in [0.15, 0.2) is 35.3 Å². The van der Waals surface area contributed by atoms with E-state index in [4.69, 9.17) is 0 Å². The first-order valence-corrected chi connectivity index (χ1v) is 8.34. The Labute approximate surface area is 131 Å². The van der Waals surface area contributed by atoms with Crippen molar-refractivity contribution in [2.24, 2.45) is 4.99 Å². The van der Waals surface area contributed by atoms with Gasteiger partial charge in [0.1, 0.15) is 6.04 Å². The molecule has 0 saturated carbocycles. The zero-order valence-electron chi connectivity index (χ0n) is 12.9. The number of nitrogens with one attached hydrogen (secondary N) is 1. The second kappa shape index (κ2) is 7.50. The second-order valence-electron chi connectivity index (χ2n) is 5.31. The summed E-state index contributed by atoms with van der Waals surface area (Å²) in [5, 5.41) is 4.12.